The molecular weight excluding hydrogens is 182 g/mol. The predicted octanol–water partition coefficient (Wildman–Crippen LogP) is 3.15. The molecule has 1 aliphatic heterocycles. The molecular formula is C14H21N. The van der Waals surface area contributed by atoms with Gasteiger partial charge >= 0.3 is 0 Å². The highest BCUT2D eigenvalue weighted by atomic mass is 14.9. The number of aryl methyl sites for hydroxylation is 1. The second kappa shape index (κ2) is 5.92. The van der Waals surface area contributed by atoms with Gasteiger partial charge in [-0.15, -0.1) is 0 Å². The van der Waals surface area contributed by atoms with Gasteiger partial charge in [0.25, 0.3) is 0 Å². The average molecular weight is 203 g/mol. The summed E-state index contributed by atoms with van der Waals surface area (Å²) in [4.78, 5) is 0. The Labute approximate surface area is 92.9 Å². The van der Waals surface area contributed by atoms with Crippen LogP contribution in [0.3, 0.4) is 0 Å². The summed E-state index contributed by atoms with van der Waals surface area (Å²) in [6.07, 6.45) is 8.07. The van der Waals surface area contributed by atoms with E-state index in [9.17, 15) is 0 Å². The van der Waals surface area contributed by atoms with Crippen molar-refractivity contribution in [2.24, 2.45) is 0 Å². The van der Waals surface area contributed by atoms with Gasteiger partial charge in [-0.25, -0.2) is 0 Å². The second-order valence-corrected chi connectivity index (χ2v) is 4.52. The molecule has 0 bridgehead atoms. The third kappa shape index (κ3) is 3.67. The molecule has 1 aliphatic rings. The van der Waals surface area contributed by atoms with Gasteiger partial charge in [-0.05, 0) is 37.8 Å². The molecule has 1 aromatic carbocycles. The number of hydrogen-bond acceptors (Lipinski definition) is 1. The van der Waals surface area contributed by atoms with E-state index in [1.54, 1.807) is 0 Å². The molecule has 1 fully saturated rings. The first kappa shape index (κ1) is 10.7. The zero-order valence-corrected chi connectivity index (χ0v) is 9.41. The van der Waals surface area contributed by atoms with Crippen molar-refractivity contribution in [3.63, 3.8) is 0 Å². The van der Waals surface area contributed by atoms with E-state index in [-0.39, 0.29) is 0 Å². The van der Waals surface area contributed by atoms with E-state index in [1.807, 2.05) is 0 Å². The lowest BCUT2D eigenvalue weighted by molar-refractivity contribution is 0.478. The van der Waals surface area contributed by atoms with Gasteiger partial charge < -0.3 is 5.32 Å². The molecule has 2 rings (SSSR count). The van der Waals surface area contributed by atoms with Crippen LogP contribution in [-0.2, 0) is 6.42 Å². The van der Waals surface area contributed by atoms with E-state index >= 15 is 0 Å². The summed E-state index contributed by atoms with van der Waals surface area (Å²) in [7, 11) is 0. The topological polar surface area (TPSA) is 12.0 Å². The van der Waals surface area contributed by atoms with Crippen molar-refractivity contribution in [2.45, 2.75) is 44.6 Å². The summed E-state index contributed by atoms with van der Waals surface area (Å²) in [5.41, 5.74) is 1.48. The molecule has 1 heterocycles. The summed E-state index contributed by atoms with van der Waals surface area (Å²) < 4.78 is 0. The van der Waals surface area contributed by atoms with Crippen LogP contribution in [0.25, 0.3) is 0 Å². The molecule has 0 spiro atoms. The molecule has 0 aliphatic carbocycles. The van der Waals surface area contributed by atoms with E-state index in [0.717, 1.165) is 6.04 Å². The quantitative estimate of drug-likeness (QED) is 0.795. The smallest absolute Gasteiger partial charge is 0.00702 e. The number of rotatable bonds is 3. The van der Waals surface area contributed by atoms with Gasteiger partial charge in [0.1, 0.15) is 0 Å². The monoisotopic (exact) mass is 203 g/mol. The highest BCUT2D eigenvalue weighted by Crippen LogP contribution is 2.13. The van der Waals surface area contributed by atoms with Gasteiger partial charge in [0, 0.05) is 6.04 Å². The molecule has 1 nitrogen and oxygen atoms in total. The van der Waals surface area contributed by atoms with Gasteiger partial charge in [0.05, 0.1) is 0 Å². The lowest BCUT2D eigenvalue weighted by atomic mass is 10.0. The molecule has 82 valence electrons. The maximum absolute atomic E-state index is 3.65. The summed E-state index contributed by atoms with van der Waals surface area (Å²) >= 11 is 0. The zero-order valence-electron chi connectivity index (χ0n) is 9.41. The molecule has 15 heavy (non-hydrogen) atoms. The lowest BCUT2D eigenvalue weighted by Crippen LogP contribution is -2.28. The van der Waals surface area contributed by atoms with Crippen LogP contribution in [0.1, 0.15) is 37.7 Å². The largest absolute Gasteiger partial charge is 0.314 e. The molecule has 0 radical (unpaired) electrons. The Morgan fingerprint density at radius 3 is 2.80 bits per heavy atom. The van der Waals surface area contributed by atoms with Crippen molar-refractivity contribution in [1.29, 1.82) is 0 Å². The molecule has 0 amide bonds. The molecule has 1 saturated heterocycles. The molecule has 0 aromatic heterocycles. The standard InChI is InChI=1S/C14H21N/c1-3-7-13(8-4-1)10-11-14-9-5-2-6-12-15-14/h1,3-4,7-8,14-15H,2,5-6,9-12H2. The minimum absolute atomic E-state index is 0.757. The van der Waals surface area contributed by atoms with E-state index in [2.05, 4.69) is 35.6 Å². The van der Waals surface area contributed by atoms with Crippen molar-refractivity contribution in [2.75, 3.05) is 6.54 Å². The Bertz CT molecular complexity index is 260. The van der Waals surface area contributed by atoms with Crippen molar-refractivity contribution in [3.8, 4) is 0 Å². The van der Waals surface area contributed by atoms with Crippen LogP contribution in [-0.4, -0.2) is 12.6 Å². The normalized spacial score (nSPS) is 22.3. The number of hydrogen-bond donors (Lipinski definition) is 1. The third-order valence-electron chi connectivity index (χ3n) is 3.29. The van der Waals surface area contributed by atoms with E-state index in [1.165, 1.54) is 50.6 Å². The molecule has 1 atom stereocenters. The summed E-state index contributed by atoms with van der Waals surface area (Å²) in [6.45, 7) is 1.22. The number of benzene rings is 1. The van der Waals surface area contributed by atoms with Gasteiger partial charge in [-0.2, -0.15) is 0 Å². The van der Waals surface area contributed by atoms with Crippen LogP contribution >= 0.6 is 0 Å². The first-order chi connectivity index (χ1) is 7.45. The Morgan fingerprint density at radius 1 is 1.07 bits per heavy atom. The third-order valence-corrected chi connectivity index (χ3v) is 3.29. The molecule has 1 aromatic rings. The van der Waals surface area contributed by atoms with Crippen LogP contribution in [0.4, 0.5) is 0 Å². The summed E-state index contributed by atoms with van der Waals surface area (Å²) in [5.74, 6) is 0. The first-order valence-corrected chi connectivity index (χ1v) is 6.22. The maximum atomic E-state index is 3.65. The lowest BCUT2D eigenvalue weighted by Gasteiger charge is -2.15. The highest BCUT2D eigenvalue weighted by Gasteiger charge is 2.10. The van der Waals surface area contributed by atoms with Gasteiger partial charge in [0.2, 0.25) is 0 Å². The molecule has 0 saturated carbocycles. The van der Waals surface area contributed by atoms with Gasteiger partial charge in [0.15, 0.2) is 0 Å². The Balaban J connectivity index is 1.77. The Kier molecular flexibility index (Phi) is 4.22. The second-order valence-electron chi connectivity index (χ2n) is 4.52. The first-order valence-electron chi connectivity index (χ1n) is 6.22. The number of nitrogens with one attached hydrogen (secondary N) is 1. The van der Waals surface area contributed by atoms with E-state index in [4.69, 9.17) is 0 Å². The van der Waals surface area contributed by atoms with Crippen molar-refractivity contribution in [1.82, 2.24) is 5.32 Å². The maximum Gasteiger partial charge on any atom is 0.00702 e. The minimum atomic E-state index is 0.757. The van der Waals surface area contributed by atoms with Crippen LogP contribution in [0.15, 0.2) is 30.3 Å². The van der Waals surface area contributed by atoms with Gasteiger partial charge in [-0.3, -0.25) is 0 Å². The molecule has 1 heteroatoms. The van der Waals surface area contributed by atoms with Crippen LogP contribution in [0.2, 0.25) is 0 Å². The van der Waals surface area contributed by atoms with Crippen molar-refractivity contribution in [3.05, 3.63) is 35.9 Å². The predicted molar refractivity (Wildman–Crippen MR) is 65.0 cm³/mol. The fourth-order valence-corrected chi connectivity index (χ4v) is 2.33. The Hall–Kier alpha value is -0.820. The SMILES string of the molecule is c1ccc(CCC2CCCCCN2)cc1. The molecule has 1 N–H and O–H groups in total. The van der Waals surface area contributed by atoms with E-state index in [0.29, 0.717) is 0 Å². The zero-order chi connectivity index (χ0) is 10.3. The van der Waals surface area contributed by atoms with E-state index < -0.39 is 0 Å². The fourth-order valence-electron chi connectivity index (χ4n) is 2.33. The van der Waals surface area contributed by atoms with Crippen LogP contribution in [0, 0.1) is 0 Å². The van der Waals surface area contributed by atoms with Gasteiger partial charge in [-0.1, -0.05) is 43.2 Å². The average Bonchev–Trinajstić information content (AvgIpc) is 2.56. The molecule has 1 unspecified atom stereocenters. The van der Waals surface area contributed by atoms with Crippen molar-refractivity contribution < 1.29 is 0 Å². The fraction of sp³-hybridized carbons (Fsp3) is 0.571. The van der Waals surface area contributed by atoms with Crippen LogP contribution in [0.5, 0.6) is 0 Å². The van der Waals surface area contributed by atoms with Crippen molar-refractivity contribution >= 4 is 0 Å². The summed E-state index contributed by atoms with van der Waals surface area (Å²) in [5, 5.41) is 3.65. The highest BCUT2D eigenvalue weighted by molar-refractivity contribution is 5.14. The van der Waals surface area contributed by atoms with Crippen LogP contribution < -0.4 is 5.32 Å². The minimum Gasteiger partial charge on any atom is -0.314 e. The Morgan fingerprint density at radius 2 is 1.93 bits per heavy atom. The summed E-state index contributed by atoms with van der Waals surface area (Å²) in [6, 6.07) is 11.6.